The topological polar surface area (TPSA) is 17.1 Å². The Kier molecular flexibility index (Phi) is 2.09. The van der Waals surface area contributed by atoms with E-state index in [9.17, 15) is 4.79 Å². The molecule has 90 valence electrons. The highest BCUT2D eigenvalue weighted by atomic mass is 35.5. The monoisotopic (exact) mass is 264 g/mol. The highest BCUT2D eigenvalue weighted by Crippen LogP contribution is 2.42. The summed E-state index contributed by atoms with van der Waals surface area (Å²) in [6.45, 7) is 0. The quantitative estimate of drug-likeness (QED) is 0.450. The fraction of sp³-hybridized carbons (Fsp3) is 0. The maximum atomic E-state index is 12.6. The molecule has 2 heteroatoms. The van der Waals surface area contributed by atoms with Crippen molar-refractivity contribution in [3.05, 3.63) is 70.7 Å². The molecule has 19 heavy (non-hydrogen) atoms. The van der Waals surface area contributed by atoms with E-state index in [-0.39, 0.29) is 5.78 Å². The van der Waals surface area contributed by atoms with Gasteiger partial charge >= 0.3 is 0 Å². The van der Waals surface area contributed by atoms with Gasteiger partial charge in [-0.1, -0.05) is 60.1 Å². The number of hydrogen-bond acceptors (Lipinski definition) is 1. The summed E-state index contributed by atoms with van der Waals surface area (Å²) < 4.78 is 0. The van der Waals surface area contributed by atoms with Crippen LogP contribution in [0.15, 0.2) is 54.6 Å². The smallest absolute Gasteiger partial charge is 0.194 e. The number of ketones is 1. The Labute approximate surface area is 115 Å². The van der Waals surface area contributed by atoms with Crippen LogP contribution in [0, 0.1) is 0 Å². The Morgan fingerprint density at radius 3 is 2.16 bits per heavy atom. The van der Waals surface area contributed by atoms with E-state index >= 15 is 0 Å². The van der Waals surface area contributed by atoms with Gasteiger partial charge < -0.3 is 0 Å². The lowest BCUT2D eigenvalue weighted by Crippen LogP contribution is -2.10. The van der Waals surface area contributed by atoms with Gasteiger partial charge in [0.15, 0.2) is 5.78 Å². The van der Waals surface area contributed by atoms with Gasteiger partial charge in [0.1, 0.15) is 0 Å². The molecule has 1 aliphatic rings. The minimum Gasteiger partial charge on any atom is -0.289 e. The van der Waals surface area contributed by atoms with E-state index in [2.05, 4.69) is 0 Å². The molecule has 0 unspecified atom stereocenters. The molecular formula is C17H9ClO. The number of carbonyl (C=O) groups is 1. The van der Waals surface area contributed by atoms with Crippen LogP contribution in [-0.4, -0.2) is 5.78 Å². The summed E-state index contributed by atoms with van der Waals surface area (Å²) in [7, 11) is 0. The maximum absolute atomic E-state index is 12.6. The third-order valence-corrected chi connectivity index (χ3v) is 3.99. The van der Waals surface area contributed by atoms with E-state index in [4.69, 9.17) is 11.6 Å². The van der Waals surface area contributed by atoms with Gasteiger partial charge in [-0.2, -0.15) is 0 Å². The van der Waals surface area contributed by atoms with Crippen LogP contribution in [0.5, 0.6) is 0 Å². The first-order valence-corrected chi connectivity index (χ1v) is 6.50. The molecule has 3 aromatic carbocycles. The van der Waals surface area contributed by atoms with Crippen LogP contribution in [-0.2, 0) is 0 Å². The first-order valence-electron chi connectivity index (χ1n) is 6.13. The molecule has 1 nitrogen and oxygen atoms in total. The Balaban J connectivity index is 2.29. The van der Waals surface area contributed by atoms with Crippen molar-refractivity contribution in [1.82, 2.24) is 0 Å². The predicted molar refractivity (Wildman–Crippen MR) is 77.8 cm³/mol. The lowest BCUT2D eigenvalue weighted by Gasteiger charge is -2.20. The lowest BCUT2D eigenvalue weighted by atomic mass is 9.83. The van der Waals surface area contributed by atoms with Crippen molar-refractivity contribution < 1.29 is 4.79 Å². The molecule has 0 N–H and O–H groups in total. The zero-order valence-corrected chi connectivity index (χ0v) is 10.7. The van der Waals surface area contributed by atoms with Crippen molar-refractivity contribution in [1.29, 1.82) is 0 Å². The van der Waals surface area contributed by atoms with Gasteiger partial charge in [0.05, 0.1) is 0 Å². The summed E-state index contributed by atoms with van der Waals surface area (Å²) in [6, 6.07) is 17.4. The molecule has 3 aromatic rings. The van der Waals surface area contributed by atoms with Crippen LogP contribution < -0.4 is 0 Å². The van der Waals surface area contributed by atoms with E-state index in [1.807, 2.05) is 54.6 Å². The van der Waals surface area contributed by atoms with Crippen molar-refractivity contribution in [3.63, 3.8) is 0 Å². The van der Waals surface area contributed by atoms with Crippen LogP contribution in [0.1, 0.15) is 15.9 Å². The zero-order chi connectivity index (χ0) is 13.0. The van der Waals surface area contributed by atoms with Crippen molar-refractivity contribution in [3.8, 4) is 11.1 Å². The Morgan fingerprint density at radius 2 is 1.37 bits per heavy atom. The molecule has 0 fully saturated rings. The lowest BCUT2D eigenvalue weighted by molar-refractivity contribution is 0.104. The third kappa shape index (κ3) is 1.33. The Hall–Kier alpha value is -2.12. The summed E-state index contributed by atoms with van der Waals surface area (Å²) in [6.07, 6.45) is 0. The molecule has 0 radical (unpaired) electrons. The Morgan fingerprint density at radius 1 is 0.737 bits per heavy atom. The van der Waals surface area contributed by atoms with Crippen molar-refractivity contribution in [2.45, 2.75) is 0 Å². The van der Waals surface area contributed by atoms with Gasteiger partial charge in [0.25, 0.3) is 0 Å². The van der Waals surface area contributed by atoms with Crippen LogP contribution in [0.25, 0.3) is 21.9 Å². The first-order chi connectivity index (χ1) is 9.27. The van der Waals surface area contributed by atoms with E-state index < -0.39 is 0 Å². The van der Waals surface area contributed by atoms with E-state index in [1.165, 1.54) is 0 Å². The van der Waals surface area contributed by atoms with E-state index in [1.54, 1.807) is 0 Å². The average Bonchev–Trinajstić information content (AvgIpc) is 2.44. The fourth-order valence-corrected chi connectivity index (χ4v) is 3.15. The molecule has 0 saturated heterocycles. The van der Waals surface area contributed by atoms with Crippen molar-refractivity contribution in [2.75, 3.05) is 0 Å². The molecule has 0 heterocycles. The molecule has 1 aliphatic carbocycles. The van der Waals surface area contributed by atoms with Gasteiger partial charge in [0, 0.05) is 27.1 Å². The highest BCUT2D eigenvalue weighted by Gasteiger charge is 2.26. The Bertz CT molecular complexity index is 844. The molecule has 0 bridgehead atoms. The number of carbonyl (C=O) groups excluding carboxylic acids is 1. The normalized spacial score (nSPS) is 12.6. The van der Waals surface area contributed by atoms with Crippen molar-refractivity contribution in [2.24, 2.45) is 0 Å². The van der Waals surface area contributed by atoms with Crippen molar-refractivity contribution >= 4 is 28.2 Å². The van der Waals surface area contributed by atoms with E-state index in [0.717, 1.165) is 27.5 Å². The maximum Gasteiger partial charge on any atom is 0.194 e. The second-order valence-electron chi connectivity index (χ2n) is 4.70. The minimum atomic E-state index is 0.0572. The second kappa shape index (κ2) is 3.69. The molecule has 0 atom stereocenters. The summed E-state index contributed by atoms with van der Waals surface area (Å²) in [5.74, 6) is 0.0572. The number of benzene rings is 3. The average molecular weight is 265 g/mol. The van der Waals surface area contributed by atoms with E-state index in [0.29, 0.717) is 10.6 Å². The number of fused-ring (bicyclic) bond motifs is 2. The molecule has 0 aliphatic heterocycles. The van der Waals surface area contributed by atoms with Gasteiger partial charge in [-0.3, -0.25) is 4.79 Å². The SMILES string of the molecule is O=C1c2cccc(Cl)c2-c2cccc3cccc1c23. The summed E-state index contributed by atoms with van der Waals surface area (Å²) >= 11 is 6.31. The molecule has 0 saturated carbocycles. The number of halogens is 1. The van der Waals surface area contributed by atoms with Gasteiger partial charge in [-0.15, -0.1) is 0 Å². The van der Waals surface area contributed by atoms with Crippen LogP contribution in [0.4, 0.5) is 0 Å². The second-order valence-corrected chi connectivity index (χ2v) is 5.11. The number of hydrogen-bond donors (Lipinski definition) is 0. The highest BCUT2D eigenvalue weighted by molar-refractivity contribution is 6.37. The predicted octanol–water partition coefficient (Wildman–Crippen LogP) is 4.70. The largest absolute Gasteiger partial charge is 0.289 e. The van der Waals surface area contributed by atoms with Crippen LogP contribution in [0.3, 0.4) is 0 Å². The summed E-state index contributed by atoms with van der Waals surface area (Å²) in [4.78, 5) is 12.6. The molecule has 0 aromatic heterocycles. The molecule has 4 rings (SSSR count). The van der Waals surface area contributed by atoms with Gasteiger partial charge in [0.2, 0.25) is 0 Å². The zero-order valence-electron chi connectivity index (χ0n) is 9.98. The number of rotatable bonds is 0. The summed E-state index contributed by atoms with van der Waals surface area (Å²) in [5, 5.41) is 2.72. The van der Waals surface area contributed by atoms with Gasteiger partial charge in [-0.25, -0.2) is 0 Å². The standard InChI is InChI=1S/C17H9ClO/c18-14-9-3-8-13-16(14)11-6-1-4-10-5-2-7-12(15(10)11)17(13)19/h1-9H. The molecular weight excluding hydrogens is 256 g/mol. The van der Waals surface area contributed by atoms with Crippen LogP contribution in [0.2, 0.25) is 5.02 Å². The third-order valence-electron chi connectivity index (χ3n) is 3.68. The molecule has 0 amide bonds. The first kappa shape index (κ1) is 10.8. The minimum absolute atomic E-state index is 0.0572. The summed E-state index contributed by atoms with van der Waals surface area (Å²) in [5.41, 5.74) is 3.37. The fourth-order valence-electron chi connectivity index (χ4n) is 2.87. The van der Waals surface area contributed by atoms with Crippen LogP contribution >= 0.6 is 11.6 Å². The van der Waals surface area contributed by atoms with Gasteiger partial charge in [-0.05, 0) is 17.0 Å². The molecule has 0 spiro atoms.